The number of H-pyrrole nitrogens is 1. The number of aryl methyl sites for hydroxylation is 2. The molecule has 48 heteroatoms. The van der Waals surface area contributed by atoms with E-state index in [1.165, 1.54) is 28.9 Å². The lowest BCUT2D eigenvalue weighted by atomic mass is 9.91. The number of pyridine rings is 1. The molecule has 0 aliphatic carbocycles. The second-order valence-electron chi connectivity index (χ2n) is 9.78. The van der Waals surface area contributed by atoms with Gasteiger partial charge in [-0.25, -0.2) is 9.97 Å². The molecule has 0 fully saturated rings. The van der Waals surface area contributed by atoms with E-state index in [-0.39, 0.29) is 5.41 Å². The zero-order valence-electron chi connectivity index (χ0n) is 31.7. The lowest BCUT2D eigenvalue weighted by molar-refractivity contribution is 0.570. The molecule has 0 aliphatic heterocycles. The molecule has 3 aromatic rings. The number of nitrogens with one attached hydrogen (secondary N) is 1. The van der Waals surface area contributed by atoms with Crippen LogP contribution in [0.2, 0.25) is 0 Å². The second kappa shape index (κ2) is 49.4. The van der Waals surface area contributed by atoms with E-state index in [0.29, 0.717) is 5.82 Å². The van der Waals surface area contributed by atoms with Crippen LogP contribution in [-0.4, -0.2) is 15.0 Å². The highest BCUT2D eigenvalue weighted by atomic mass is 33.5. The maximum atomic E-state index is 6.16. The van der Waals surface area contributed by atoms with Crippen LogP contribution in [0.3, 0.4) is 0 Å². The van der Waals surface area contributed by atoms with Crippen molar-refractivity contribution in [3.63, 3.8) is 0 Å². The number of aromatic amines is 1. The van der Waals surface area contributed by atoms with Crippen LogP contribution in [0.5, 0.6) is 0 Å². The van der Waals surface area contributed by atoms with Crippen LogP contribution in [-0.2, 0) is 401 Å². The largest absolute Gasteiger partial charge is 0.383 e. The van der Waals surface area contributed by atoms with Crippen molar-refractivity contribution in [2.75, 3.05) is 5.73 Å². The summed E-state index contributed by atoms with van der Waals surface area (Å²) >= 11 is 9.61. The van der Waals surface area contributed by atoms with Crippen LogP contribution < -0.4 is 5.73 Å². The van der Waals surface area contributed by atoms with Gasteiger partial charge in [0.15, 0.2) is 0 Å². The highest BCUT2D eigenvalue weighted by Gasteiger charge is 2.18. The zero-order chi connectivity index (χ0) is 47.8. The molecule has 3 rings (SSSR count). The maximum absolute atomic E-state index is 6.16. The topological polar surface area (TPSA) is 67.6 Å². The van der Waals surface area contributed by atoms with Gasteiger partial charge in [-0.05, 0) is 49.2 Å². The number of nitrogens with two attached hydrogens (primary N) is 1. The molecule has 2 heterocycles. The van der Waals surface area contributed by atoms with Gasteiger partial charge in [-0.1, -0.05) is 20.8 Å². The van der Waals surface area contributed by atoms with Gasteiger partial charge in [-0.2, -0.15) is 0 Å². The summed E-state index contributed by atoms with van der Waals surface area (Å²) < 4.78 is 0. The normalized spacial score (nSPS) is 9.17. The first kappa shape index (κ1) is 69.4. The second-order valence-corrected chi connectivity index (χ2v) is 84.1. The fourth-order valence-electron chi connectivity index (χ4n) is 2.94. The minimum absolute atomic E-state index is 0.0191. The molecule has 0 amide bonds. The van der Waals surface area contributed by atoms with Gasteiger partial charge < -0.3 is 10.7 Å². The standard InChI is InChI=1S/C18H22N4.S44/c1-10-8-13-14(9-11(10)2)21-17(20-13)12-6-7-15(18(3,4)5)22-16(12)19;1-3-5-7-9-11-13-15-17-19-21-23-25-27-29-31-33-35-37-39-41-43-44-42-40-38-36-34-32-30-28-26-24-22-20-18-16-14-12-10-8-6-4-2/h6-9H,1-5H3,(H2,19,22)(H,20,21);. The van der Waals surface area contributed by atoms with E-state index in [1.807, 2.05) is 261 Å². The van der Waals surface area contributed by atoms with Gasteiger partial charge in [0.25, 0.3) is 0 Å². The van der Waals surface area contributed by atoms with Crippen LogP contribution in [0.1, 0.15) is 37.6 Å². The van der Waals surface area contributed by atoms with Crippen molar-refractivity contribution in [1.82, 2.24) is 15.0 Å². The molecule has 0 radical (unpaired) electrons. The Morgan fingerprint density at radius 1 is 0.409 bits per heavy atom. The van der Waals surface area contributed by atoms with E-state index in [4.69, 9.17) is 28.1 Å². The molecule has 0 saturated heterocycles. The fourth-order valence-corrected chi connectivity index (χ4v) is 113. The van der Waals surface area contributed by atoms with Crippen molar-refractivity contribution in [2.24, 2.45) is 0 Å². The third kappa shape index (κ3) is 38.8. The van der Waals surface area contributed by atoms with Crippen molar-refractivity contribution in [2.45, 2.75) is 40.0 Å². The minimum atomic E-state index is -0.0191. The van der Waals surface area contributed by atoms with Gasteiger partial charge in [0.2, 0.25) is 0 Å². The Labute approximate surface area is 512 Å². The summed E-state index contributed by atoms with van der Waals surface area (Å²) in [7, 11) is 74.7. The van der Waals surface area contributed by atoms with Crippen molar-refractivity contribution < 1.29 is 0 Å². The third-order valence-corrected chi connectivity index (χ3v) is 96.3. The number of fused-ring (bicyclic) bond motifs is 1. The number of rotatable bonds is 1. The van der Waals surface area contributed by atoms with Gasteiger partial charge in [0.1, 0.15) is 11.6 Å². The van der Waals surface area contributed by atoms with Crippen LogP contribution in [0.25, 0.3) is 22.4 Å². The number of hydrogen-bond acceptors (Lipinski definition) is 5. The van der Waals surface area contributed by atoms with Crippen LogP contribution in [0.4, 0.5) is 5.82 Å². The lowest BCUT2D eigenvalue weighted by Crippen LogP contribution is -2.14. The summed E-state index contributed by atoms with van der Waals surface area (Å²) in [5, 5.41) is 0. The smallest absolute Gasteiger partial charge is 0.142 e. The van der Waals surface area contributed by atoms with Crippen molar-refractivity contribution in [3.05, 3.63) is 41.1 Å². The number of imidazole rings is 1. The van der Waals surface area contributed by atoms with Gasteiger partial charge in [-0.3, -0.25) is 0 Å². The van der Waals surface area contributed by atoms with E-state index < -0.39 is 0 Å². The monoisotopic (exact) mass is 1700 g/mol. The van der Waals surface area contributed by atoms with Crippen LogP contribution >= 0.6 is 0 Å². The van der Waals surface area contributed by atoms with Crippen LogP contribution in [0, 0.1) is 13.8 Å². The molecule has 0 bridgehead atoms. The first-order chi connectivity index (χ1) is 32.2. The molecular formula is C18H22N4S44. The molecule has 0 atom stereocenters. The summed E-state index contributed by atoms with van der Waals surface area (Å²) in [4.78, 5) is 12.6. The molecular weight excluding hydrogens is 1680 g/mol. The maximum Gasteiger partial charge on any atom is 0.142 e. The van der Waals surface area contributed by atoms with E-state index in [1.54, 1.807) is 107 Å². The lowest BCUT2D eigenvalue weighted by Gasteiger charge is -2.18. The highest BCUT2D eigenvalue weighted by molar-refractivity contribution is 8.81. The fraction of sp³-hybridized carbons (Fsp3) is 0.333. The highest BCUT2D eigenvalue weighted by Crippen LogP contribution is 2.29. The predicted octanol–water partition coefficient (Wildman–Crippen LogP) is 4.02. The van der Waals surface area contributed by atoms with Crippen molar-refractivity contribution in [1.29, 1.82) is 0 Å². The van der Waals surface area contributed by atoms with E-state index >= 15 is 0 Å². The summed E-state index contributed by atoms with van der Waals surface area (Å²) in [6.07, 6.45) is 0. The number of anilines is 1. The minimum Gasteiger partial charge on any atom is -0.383 e. The Kier molecular flexibility index (Phi) is 51.9. The SMILES string of the molecule is Cc1cc2nc(-c3ccc(C(C)(C)C)nc3N)[nH]c2cc1C.S=S=S=S=S=S=S=S=S=S=S=S=S=S=S=S=S=S=S=S=S=S=S=S=S=S=S=S=S=S=S=S=S=S=S=S=S=S=S=S=S=S=S=S. The Hall–Kier alpha value is 7.32. The molecule has 66 heavy (non-hydrogen) atoms. The van der Waals surface area contributed by atoms with Gasteiger partial charge >= 0.3 is 0 Å². The number of aromatic nitrogens is 3. The molecule has 4 nitrogen and oxygen atoms in total. The molecule has 0 saturated carbocycles. The van der Waals surface area contributed by atoms with Gasteiger partial charge in [-0.15, -0.1) is 0 Å². The van der Waals surface area contributed by atoms with E-state index in [9.17, 15) is 0 Å². The number of hydrogen-bond donors (Lipinski definition) is 2. The number of benzene rings is 1. The Morgan fingerprint density at radius 3 is 0.939 bits per heavy atom. The molecule has 0 aliphatic rings. The van der Waals surface area contributed by atoms with Crippen molar-refractivity contribution >= 4 is 412 Å². The molecule has 378 valence electrons. The van der Waals surface area contributed by atoms with E-state index in [0.717, 1.165) is 28.1 Å². The van der Waals surface area contributed by atoms with Crippen LogP contribution in [0.15, 0.2) is 24.3 Å². The number of nitrogen functional groups attached to an aromatic ring is 1. The number of nitrogens with zero attached hydrogens (tertiary/aromatic N) is 2. The van der Waals surface area contributed by atoms with Crippen molar-refractivity contribution in [3.8, 4) is 11.4 Å². The predicted molar refractivity (Wildman–Crippen MR) is 416 cm³/mol. The Balaban J connectivity index is 0.000000558. The third-order valence-electron chi connectivity index (χ3n) is 5.18. The van der Waals surface area contributed by atoms with E-state index in [2.05, 4.69) is 61.7 Å². The summed E-state index contributed by atoms with van der Waals surface area (Å²) in [5.74, 6) is 1.28. The summed E-state index contributed by atoms with van der Waals surface area (Å²) in [6, 6.07) is 8.24. The summed E-state index contributed by atoms with van der Waals surface area (Å²) in [5.41, 5.74) is 12.4. The zero-order valence-corrected chi connectivity index (χ0v) is 67.7. The average molecular weight is 1710 g/mol. The molecule has 3 N–H and O–H groups in total. The summed E-state index contributed by atoms with van der Waals surface area (Å²) in [6.45, 7) is 10.6. The average Bonchev–Trinajstić information content (AvgIpc) is 3.70. The van der Waals surface area contributed by atoms with Gasteiger partial charge in [0.05, 0.1) is 16.6 Å². The Morgan fingerprint density at radius 2 is 0.682 bits per heavy atom. The molecule has 0 unspecified atom stereocenters. The molecule has 1 aromatic carbocycles. The first-order valence-corrected chi connectivity index (χ1v) is 72.0. The molecule has 2 aromatic heterocycles. The molecule has 0 spiro atoms. The van der Waals surface area contributed by atoms with Gasteiger partial charge in [0, 0.05) is 406 Å². The Bertz CT molecular complexity index is 4050. The quantitative estimate of drug-likeness (QED) is 0.386. The first-order valence-electron chi connectivity index (χ1n) is 14.7.